The minimum atomic E-state index is -0.369. The van der Waals surface area contributed by atoms with Crippen LogP contribution in [0.15, 0.2) is 101 Å². The van der Waals surface area contributed by atoms with Gasteiger partial charge < -0.3 is 8.98 Å². The number of fused-ring (bicyclic) bond motifs is 2. The lowest BCUT2D eigenvalue weighted by molar-refractivity contribution is -0.113. The lowest BCUT2D eigenvalue weighted by Gasteiger charge is -1.98. The zero-order valence-corrected chi connectivity index (χ0v) is 20.7. The van der Waals surface area contributed by atoms with Crippen molar-refractivity contribution in [1.82, 2.24) is 14.3 Å². The maximum Gasteiger partial charge on any atom is 0.272 e. The van der Waals surface area contributed by atoms with Gasteiger partial charge in [-0.25, -0.2) is 4.68 Å². The van der Waals surface area contributed by atoms with Gasteiger partial charge >= 0.3 is 0 Å². The Morgan fingerprint density at radius 1 is 1.06 bits per heavy atom. The first kappa shape index (κ1) is 22.3. The Bertz CT molecular complexity index is 1810. The summed E-state index contributed by atoms with van der Waals surface area (Å²) in [6.07, 6.45) is 5.06. The Morgan fingerprint density at radius 2 is 1.86 bits per heavy atom. The first-order valence-corrected chi connectivity index (χ1v) is 12.4. The third kappa shape index (κ3) is 4.19. The Morgan fingerprint density at radius 3 is 2.69 bits per heavy atom. The summed E-state index contributed by atoms with van der Waals surface area (Å²) in [6, 6.07) is 25.2. The molecule has 36 heavy (non-hydrogen) atoms. The third-order valence-corrected chi connectivity index (χ3v) is 7.13. The average Bonchev–Trinajstić information content (AvgIpc) is 3.58. The summed E-state index contributed by atoms with van der Waals surface area (Å²) in [5.74, 6) is 0.258. The zero-order valence-electron chi connectivity index (χ0n) is 19.1. The van der Waals surface area contributed by atoms with Gasteiger partial charge in [-0.2, -0.15) is 10.1 Å². The van der Waals surface area contributed by atoms with Crippen LogP contribution in [-0.4, -0.2) is 20.3 Å². The van der Waals surface area contributed by atoms with E-state index in [4.69, 9.17) is 21.1 Å². The predicted octanol–water partition coefficient (Wildman–Crippen LogP) is 6.63. The quantitative estimate of drug-likeness (QED) is 0.250. The molecule has 1 amide bonds. The van der Waals surface area contributed by atoms with Crippen LogP contribution < -0.4 is 4.80 Å². The van der Waals surface area contributed by atoms with Gasteiger partial charge in [0.25, 0.3) is 5.91 Å². The van der Waals surface area contributed by atoms with Crippen molar-refractivity contribution in [2.24, 2.45) is 12.0 Å². The minimum Gasteiger partial charge on any atom is -0.454 e. The molecule has 0 saturated heterocycles. The van der Waals surface area contributed by atoms with Crippen LogP contribution in [0.5, 0.6) is 0 Å². The Labute approximate surface area is 215 Å². The summed E-state index contributed by atoms with van der Waals surface area (Å²) in [5, 5.41) is 6.41. The summed E-state index contributed by atoms with van der Waals surface area (Å²) in [7, 11) is 1.88. The lowest BCUT2D eigenvalue weighted by Crippen LogP contribution is -2.12. The second-order valence-electron chi connectivity index (χ2n) is 8.20. The predicted molar refractivity (Wildman–Crippen MR) is 144 cm³/mol. The number of rotatable bonds is 4. The number of thiazole rings is 1. The fourth-order valence-corrected chi connectivity index (χ4v) is 5.32. The van der Waals surface area contributed by atoms with Gasteiger partial charge in [0.15, 0.2) is 10.6 Å². The number of carbonyl (C=O) groups excluding carboxylic acids is 1. The van der Waals surface area contributed by atoms with Crippen molar-refractivity contribution >= 4 is 56.1 Å². The molecule has 0 aliphatic rings. The number of carbonyl (C=O) groups is 1. The van der Waals surface area contributed by atoms with Crippen LogP contribution in [0, 0.1) is 0 Å². The molecule has 3 heterocycles. The van der Waals surface area contributed by atoms with Crippen LogP contribution in [0.4, 0.5) is 0 Å². The lowest BCUT2D eigenvalue weighted by atomic mass is 10.2. The van der Waals surface area contributed by atoms with E-state index in [0.717, 1.165) is 32.4 Å². The molecule has 8 heteroatoms. The fourth-order valence-electron chi connectivity index (χ4n) is 4.02. The van der Waals surface area contributed by atoms with Gasteiger partial charge in [0.2, 0.25) is 0 Å². The molecule has 0 saturated carbocycles. The summed E-state index contributed by atoms with van der Waals surface area (Å²) in [4.78, 5) is 17.7. The molecule has 6 aromatic rings. The van der Waals surface area contributed by atoms with E-state index in [2.05, 4.69) is 4.99 Å². The first-order valence-electron chi connectivity index (χ1n) is 11.2. The summed E-state index contributed by atoms with van der Waals surface area (Å²) >= 11 is 7.53. The monoisotopic (exact) mass is 510 g/mol. The average molecular weight is 511 g/mol. The second-order valence-corrected chi connectivity index (χ2v) is 9.65. The second kappa shape index (κ2) is 9.11. The van der Waals surface area contributed by atoms with Crippen molar-refractivity contribution in [2.45, 2.75) is 0 Å². The highest BCUT2D eigenvalue weighted by Crippen LogP contribution is 2.30. The number of furan rings is 1. The molecule has 3 aromatic carbocycles. The van der Waals surface area contributed by atoms with E-state index in [1.165, 1.54) is 17.4 Å². The first-order chi connectivity index (χ1) is 17.5. The van der Waals surface area contributed by atoms with Crippen molar-refractivity contribution in [1.29, 1.82) is 0 Å². The molecule has 0 bridgehead atoms. The Hall–Kier alpha value is -4.20. The van der Waals surface area contributed by atoms with Crippen molar-refractivity contribution in [3.05, 3.63) is 107 Å². The van der Waals surface area contributed by atoms with E-state index in [1.807, 2.05) is 96.7 Å². The van der Waals surface area contributed by atoms with Crippen LogP contribution in [0.2, 0.25) is 5.02 Å². The fraction of sp³-hybridized carbons (Fsp3) is 0.0357. The van der Waals surface area contributed by atoms with Gasteiger partial charge in [0.05, 0.1) is 15.9 Å². The highest BCUT2D eigenvalue weighted by Gasteiger charge is 2.15. The van der Waals surface area contributed by atoms with E-state index in [-0.39, 0.29) is 5.91 Å². The van der Waals surface area contributed by atoms with Crippen LogP contribution in [-0.2, 0) is 11.8 Å². The number of aromatic nitrogens is 3. The number of hydrogen-bond donors (Lipinski definition) is 0. The Balaban J connectivity index is 1.40. The van der Waals surface area contributed by atoms with Crippen molar-refractivity contribution in [2.75, 3.05) is 0 Å². The molecule has 0 spiro atoms. The number of nitrogens with zero attached hydrogens (tertiary/aromatic N) is 4. The van der Waals surface area contributed by atoms with Gasteiger partial charge in [0.1, 0.15) is 11.3 Å². The molecule has 0 fully saturated rings. The number of amides is 1. The van der Waals surface area contributed by atoms with Crippen molar-refractivity contribution in [3.8, 4) is 17.1 Å². The molecule has 0 atom stereocenters. The van der Waals surface area contributed by atoms with E-state index < -0.39 is 0 Å². The molecular formula is C28H19ClN4O2S. The Kier molecular flexibility index (Phi) is 5.64. The molecule has 0 unspecified atom stereocenters. The summed E-state index contributed by atoms with van der Waals surface area (Å²) in [5.41, 5.74) is 4.04. The third-order valence-electron chi connectivity index (χ3n) is 5.80. The highest BCUT2D eigenvalue weighted by molar-refractivity contribution is 7.16. The van der Waals surface area contributed by atoms with Gasteiger partial charge in [-0.15, -0.1) is 0 Å². The highest BCUT2D eigenvalue weighted by atomic mass is 35.5. The molecule has 176 valence electrons. The standard InChI is InChI=1S/C28H19ClN4O2S/c1-32-22-13-12-20(29)16-25(22)36-28(32)30-26(34)14-11-19-17-33(21-8-3-2-4-9-21)31-27(19)24-15-18-7-5-6-10-23(18)35-24/h2-17H,1H3. The molecule has 3 aromatic heterocycles. The van der Waals surface area contributed by atoms with Gasteiger partial charge in [-0.05, 0) is 48.5 Å². The van der Waals surface area contributed by atoms with Crippen LogP contribution in [0.3, 0.4) is 0 Å². The van der Waals surface area contributed by atoms with Crippen LogP contribution in [0.25, 0.3) is 44.4 Å². The molecule has 0 aliphatic heterocycles. The zero-order chi connectivity index (χ0) is 24.6. The summed E-state index contributed by atoms with van der Waals surface area (Å²) in [6.45, 7) is 0. The SMILES string of the molecule is Cn1c(=NC(=O)C=Cc2cn(-c3ccccc3)nc2-c2cc3ccccc3o2)sc2cc(Cl)ccc21. The van der Waals surface area contributed by atoms with E-state index in [1.54, 1.807) is 10.8 Å². The number of benzene rings is 3. The number of halogens is 1. The molecule has 6 rings (SSSR count). The maximum absolute atomic E-state index is 12.8. The molecular weight excluding hydrogens is 492 g/mol. The van der Waals surface area contributed by atoms with Crippen molar-refractivity contribution < 1.29 is 9.21 Å². The van der Waals surface area contributed by atoms with Crippen LogP contribution >= 0.6 is 22.9 Å². The maximum atomic E-state index is 12.8. The normalized spacial score (nSPS) is 12.3. The van der Waals surface area contributed by atoms with Gasteiger partial charge in [-0.3, -0.25) is 4.79 Å². The summed E-state index contributed by atoms with van der Waals surface area (Å²) < 4.78 is 10.7. The van der Waals surface area contributed by atoms with Crippen LogP contribution in [0.1, 0.15) is 5.56 Å². The number of aryl methyl sites for hydroxylation is 1. The molecule has 0 aliphatic carbocycles. The molecule has 0 N–H and O–H groups in total. The van der Waals surface area contributed by atoms with Gasteiger partial charge in [-0.1, -0.05) is 59.3 Å². The minimum absolute atomic E-state index is 0.369. The topological polar surface area (TPSA) is 65.3 Å². The smallest absolute Gasteiger partial charge is 0.272 e. The molecule has 6 nitrogen and oxygen atoms in total. The van der Waals surface area contributed by atoms with Crippen molar-refractivity contribution in [3.63, 3.8) is 0 Å². The van der Waals surface area contributed by atoms with E-state index in [0.29, 0.717) is 21.3 Å². The largest absolute Gasteiger partial charge is 0.454 e. The van der Waals surface area contributed by atoms with Gasteiger partial charge in [0, 0.05) is 35.3 Å². The van der Waals surface area contributed by atoms with E-state index in [9.17, 15) is 4.79 Å². The number of para-hydroxylation sites is 2. The molecule has 0 radical (unpaired) electrons. The van der Waals surface area contributed by atoms with E-state index >= 15 is 0 Å². The number of hydrogen-bond acceptors (Lipinski definition) is 4.